The van der Waals surface area contributed by atoms with Crippen LogP contribution >= 0.6 is 18.9 Å². The Labute approximate surface area is 41.7 Å². The maximum Gasteiger partial charge on any atom is 0.162 e. The van der Waals surface area contributed by atoms with Crippen molar-refractivity contribution in [2.24, 2.45) is 11.2 Å². The molecule has 6 heavy (non-hydrogen) atoms. The number of hydrogen-bond acceptors (Lipinski definition) is 4. The van der Waals surface area contributed by atoms with Gasteiger partial charge in [0.15, 0.2) is 7.50 Å². The minimum atomic E-state index is -1.31. The van der Waals surface area contributed by atoms with Gasteiger partial charge in [-0.1, -0.05) is 11.4 Å². The lowest BCUT2D eigenvalue weighted by atomic mass is 11.6. The minimum absolute atomic E-state index is 0.401. The van der Waals surface area contributed by atoms with E-state index in [1.807, 2.05) is 0 Å². The van der Waals surface area contributed by atoms with Crippen molar-refractivity contribution in [3.63, 3.8) is 0 Å². The molecule has 0 fully saturated rings. The molecule has 38 valence electrons. The summed E-state index contributed by atoms with van der Waals surface area (Å²) in [5.41, 5.74) is 9.87. The topological polar surface area (TPSA) is 72.3 Å². The van der Waals surface area contributed by atoms with Gasteiger partial charge in [0.25, 0.3) is 0 Å². The third-order valence-corrected chi connectivity index (χ3v) is 1.86. The van der Waals surface area contributed by atoms with E-state index >= 15 is 0 Å². The summed E-state index contributed by atoms with van der Waals surface area (Å²) in [6, 6.07) is 0. The zero-order chi connectivity index (χ0) is 4.99. The van der Waals surface area contributed by atoms with Crippen molar-refractivity contribution in [2.45, 2.75) is 0 Å². The van der Waals surface area contributed by atoms with Crippen molar-refractivity contribution in [2.75, 3.05) is 5.88 Å². The molecule has 0 aliphatic carbocycles. The lowest BCUT2D eigenvalue weighted by Crippen LogP contribution is -1.92. The van der Waals surface area contributed by atoms with Gasteiger partial charge in [-0.05, 0) is 0 Å². The van der Waals surface area contributed by atoms with Crippen molar-refractivity contribution in [1.82, 2.24) is 0 Å². The van der Waals surface area contributed by atoms with Crippen molar-refractivity contribution in [3.8, 4) is 0 Å². The van der Waals surface area contributed by atoms with Gasteiger partial charge in [0.2, 0.25) is 0 Å². The van der Waals surface area contributed by atoms with Crippen LogP contribution in [0.5, 0.6) is 0 Å². The van der Waals surface area contributed by atoms with E-state index in [4.69, 9.17) is 16.1 Å². The molecule has 0 bridgehead atoms. The van der Waals surface area contributed by atoms with Crippen LogP contribution in [0.1, 0.15) is 0 Å². The van der Waals surface area contributed by atoms with Crippen LogP contribution in [0, 0.1) is 0 Å². The summed E-state index contributed by atoms with van der Waals surface area (Å²) < 4.78 is 0. The second-order valence-corrected chi connectivity index (χ2v) is 3.69. The van der Waals surface area contributed by atoms with Gasteiger partial charge in [0.1, 0.15) is 0 Å². The first-order valence-electron chi connectivity index (χ1n) is 1.34. The Balaban J connectivity index is 2.63. The van der Waals surface area contributed by atoms with E-state index < -0.39 is 7.50 Å². The molecule has 0 saturated heterocycles. The lowest BCUT2D eigenvalue weighted by Gasteiger charge is -1.94. The highest BCUT2D eigenvalue weighted by Gasteiger charge is 1.88. The van der Waals surface area contributed by atoms with E-state index in [0.717, 1.165) is 11.4 Å². The third-order valence-electron chi connectivity index (χ3n) is 0.207. The molecule has 0 aliphatic rings. The molecule has 0 aromatic rings. The molecule has 0 spiro atoms. The highest BCUT2D eigenvalue weighted by atomic mass is 32.7. The molecule has 0 unspecified atom stereocenters. The molecule has 0 rings (SSSR count). The Morgan fingerprint density at radius 1 is 1.83 bits per heavy atom. The summed E-state index contributed by atoms with van der Waals surface area (Å²) in [5.74, 6) is 0.401. The maximum absolute atomic E-state index is 8.28. The Kier molecular flexibility index (Phi) is 4.26. The average Bonchev–Trinajstić information content (AvgIpc) is 1.35. The first-order chi connectivity index (χ1) is 2.77. The zero-order valence-electron chi connectivity index (χ0n) is 3.16. The van der Waals surface area contributed by atoms with Gasteiger partial charge in [-0.15, -0.1) is 0 Å². The summed E-state index contributed by atoms with van der Waals surface area (Å²) in [5, 5.41) is 0. The molecule has 0 aliphatic heterocycles. The largest absolute Gasteiger partial charge is 0.351 e. The lowest BCUT2D eigenvalue weighted by molar-refractivity contribution is 0.642. The average molecular weight is 126 g/mol. The molecule has 0 radical (unpaired) electrons. The van der Waals surface area contributed by atoms with Crippen LogP contribution < -0.4 is 11.2 Å². The van der Waals surface area contributed by atoms with Crippen LogP contribution in [0.4, 0.5) is 0 Å². The highest BCUT2D eigenvalue weighted by Crippen LogP contribution is 2.34. The van der Waals surface area contributed by atoms with Crippen LogP contribution in [-0.2, 0) is 0 Å². The molecular formula is CH7N2OPS. The summed E-state index contributed by atoms with van der Waals surface area (Å²) in [7, 11) is -1.31. The summed E-state index contributed by atoms with van der Waals surface area (Å²) in [4.78, 5) is 8.28. The first kappa shape index (κ1) is 6.66. The molecule has 0 amide bonds. The van der Waals surface area contributed by atoms with E-state index in [9.17, 15) is 0 Å². The Hall–Kier alpha value is 0.660. The van der Waals surface area contributed by atoms with Gasteiger partial charge < -0.3 is 10.6 Å². The first-order valence-corrected chi connectivity index (χ1v) is 4.29. The minimum Gasteiger partial charge on any atom is -0.351 e. The summed E-state index contributed by atoms with van der Waals surface area (Å²) in [6.07, 6.45) is 0. The molecule has 5 heteroatoms. The monoisotopic (exact) mass is 126 g/mol. The van der Waals surface area contributed by atoms with Gasteiger partial charge in [-0.25, -0.2) is 0 Å². The van der Waals surface area contributed by atoms with Crippen molar-refractivity contribution in [1.29, 1.82) is 0 Å². The zero-order valence-corrected chi connectivity index (χ0v) is 4.88. The molecule has 5 N–H and O–H groups in total. The standard InChI is InChI=1S/CH7N2OPS/c2-1-6-5(3)4/h4H,1-3H2/t5-/m0/s1. The van der Waals surface area contributed by atoms with Gasteiger partial charge in [-0.3, -0.25) is 5.50 Å². The SMILES string of the molecule is NCS[P@@](N)O. The third kappa shape index (κ3) is 4.66. The number of rotatable bonds is 2. The van der Waals surface area contributed by atoms with Gasteiger partial charge in [0.05, 0.1) is 0 Å². The predicted molar refractivity (Wildman–Crippen MR) is 30.0 cm³/mol. The fourth-order valence-corrected chi connectivity index (χ4v) is 0.687. The van der Waals surface area contributed by atoms with Crippen molar-refractivity contribution >= 4 is 18.9 Å². The van der Waals surface area contributed by atoms with E-state index in [0.29, 0.717) is 5.88 Å². The molecule has 3 nitrogen and oxygen atoms in total. The molecule has 0 aromatic heterocycles. The van der Waals surface area contributed by atoms with E-state index in [2.05, 4.69) is 0 Å². The fraction of sp³-hybridized carbons (Fsp3) is 1.00. The van der Waals surface area contributed by atoms with Crippen LogP contribution in [0.15, 0.2) is 0 Å². The maximum atomic E-state index is 8.28. The van der Waals surface area contributed by atoms with Gasteiger partial charge in [0, 0.05) is 5.88 Å². The Bertz CT molecular complexity index is 34.7. The molecule has 0 heterocycles. The summed E-state index contributed by atoms with van der Waals surface area (Å²) >= 11 is 1.16. The second-order valence-electron chi connectivity index (χ2n) is 0.598. The van der Waals surface area contributed by atoms with Gasteiger partial charge in [-0.2, -0.15) is 0 Å². The van der Waals surface area contributed by atoms with E-state index in [1.54, 1.807) is 0 Å². The van der Waals surface area contributed by atoms with Crippen molar-refractivity contribution in [3.05, 3.63) is 0 Å². The quantitative estimate of drug-likeness (QED) is 0.354. The van der Waals surface area contributed by atoms with Crippen LogP contribution in [0.2, 0.25) is 0 Å². The number of hydrogen-bond donors (Lipinski definition) is 3. The molecular weight excluding hydrogens is 119 g/mol. The number of nitrogens with two attached hydrogens (primary N) is 2. The Morgan fingerprint density at radius 2 is 2.33 bits per heavy atom. The normalized spacial score (nSPS) is 14.5. The molecule has 1 atom stereocenters. The van der Waals surface area contributed by atoms with Crippen LogP contribution in [-0.4, -0.2) is 10.8 Å². The highest BCUT2D eigenvalue weighted by molar-refractivity contribution is 8.53. The molecule has 0 saturated carbocycles. The second kappa shape index (κ2) is 3.84. The van der Waals surface area contributed by atoms with Gasteiger partial charge >= 0.3 is 0 Å². The van der Waals surface area contributed by atoms with E-state index in [1.165, 1.54) is 0 Å². The Morgan fingerprint density at radius 3 is 2.33 bits per heavy atom. The van der Waals surface area contributed by atoms with Crippen LogP contribution in [0.25, 0.3) is 0 Å². The van der Waals surface area contributed by atoms with Crippen LogP contribution in [0.3, 0.4) is 0 Å². The van der Waals surface area contributed by atoms with Crippen molar-refractivity contribution < 1.29 is 4.89 Å². The fourth-order valence-electron chi connectivity index (χ4n) is 0.0764. The summed E-state index contributed by atoms with van der Waals surface area (Å²) in [6.45, 7) is 0. The smallest absolute Gasteiger partial charge is 0.162 e. The predicted octanol–water partition coefficient (Wildman–Crippen LogP) is -0.186. The van der Waals surface area contributed by atoms with E-state index in [-0.39, 0.29) is 0 Å². The molecule has 0 aromatic carbocycles.